The van der Waals surface area contributed by atoms with E-state index in [1.807, 2.05) is 0 Å². The molecule has 0 unspecified atom stereocenters. The summed E-state index contributed by atoms with van der Waals surface area (Å²) in [6, 6.07) is 6.46. The minimum absolute atomic E-state index is 0.0121. The second kappa shape index (κ2) is 11.2. The Hall–Kier alpha value is -3.05. The van der Waals surface area contributed by atoms with E-state index < -0.39 is 21.9 Å². The Morgan fingerprint density at radius 3 is 2.03 bits per heavy atom. The standard InChI is InChI=1S/C22H31N3O7S/c1-7-25(8-2)33(28,29)19-12-20(23(3)14-19)22(27)24(15-21(26)32-6)13-16-9-17(30-4)11-18(10-16)31-5/h9-12,14H,7-8,13,15H2,1-6H3. The van der Waals surface area contributed by atoms with Gasteiger partial charge in [-0.2, -0.15) is 4.31 Å². The highest BCUT2D eigenvalue weighted by Gasteiger charge is 2.28. The normalized spacial score (nSPS) is 11.4. The van der Waals surface area contributed by atoms with Crippen molar-refractivity contribution < 1.29 is 32.2 Å². The van der Waals surface area contributed by atoms with Gasteiger partial charge in [0.2, 0.25) is 10.0 Å². The number of aryl methyl sites for hydroxylation is 1. The van der Waals surface area contributed by atoms with E-state index in [0.29, 0.717) is 30.2 Å². The number of carbonyl (C=O) groups excluding carboxylic acids is 2. The quantitative estimate of drug-likeness (QED) is 0.451. The van der Waals surface area contributed by atoms with Crippen LogP contribution in [0.15, 0.2) is 35.4 Å². The fourth-order valence-corrected chi connectivity index (χ4v) is 4.89. The lowest BCUT2D eigenvalue weighted by Gasteiger charge is -2.22. The number of aromatic nitrogens is 1. The molecule has 0 spiro atoms. The molecule has 0 aliphatic heterocycles. The summed E-state index contributed by atoms with van der Waals surface area (Å²) in [7, 11) is 2.09. The third kappa shape index (κ3) is 6.05. The number of methoxy groups -OCH3 is 3. The van der Waals surface area contributed by atoms with E-state index >= 15 is 0 Å². The van der Waals surface area contributed by atoms with Gasteiger partial charge in [0.25, 0.3) is 5.91 Å². The maximum atomic E-state index is 13.4. The maximum Gasteiger partial charge on any atom is 0.325 e. The molecular formula is C22H31N3O7S. The fraction of sp³-hybridized carbons (Fsp3) is 0.455. The van der Waals surface area contributed by atoms with Crippen LogP contribution in [-0.4, -0.2) is 75.0 Å². The first kappa shape index (κ1) is 26.2. The number of esters is 1. The van der Waals surface area contributed by atoms with Gasteiger partial charge in [-0.25, -0.2) is 8.42 Å². The van der Waals surface area contributed by atoms with Gasteiger partial charge in [0.1, 0.15) is 28.6 Å². The average molecular weight is 482 g/mol. The van der Waals surface area contributed by atoms with E-state index in [0.717, 1.165) is 0 Å². The Balaban J connectivity index is 2.45. The van der Waals surface area contributed by atoms with Crippen molar-refractivity contribution in [1.82, 2.24) is 13.8 Å². The molecule has 0 radical (unpaired) electrons. The molecule has 0 saturated heterocycles. The molecule has 1 aromatic carbocycles. The number of ether oxygens (including phenoxy) is 3. The number of nitrogens with zero attached hydrogens (tertiary/aromatic N) is 3. The first-order chi connectivity index (χ1) is 15.6. The molecule has 0 atom stereocenters. The van der Waals surface area contributed by atoms with Crippen molar-refractivity contribution in [2.75, 3.05) is 41.0 Å². The number of sulfonamides is 1. The van der Waals surface area contributed by atoms with Crippen LogP contribution in [0.4, 0.5) is 0 Å². The highest BCUT2D eigenvalue weighted by atomic mass is 32.2. The molecule has 0 N–H and O–H groups in total. The molecule has 0 bridgehead atoms. The largest absolute Gasteiger partial charge is 0.497 e. The van der Waals surface area contributed by atoms with Crippen LogP contribution in [0.2, 0.25) is 0 Å². The molecule has 1 heterocycles. The second-order valence-corrected chi connectivity index (χ2v) is 9.16. The number of benzene rings is 1. The monoisotopic (exact) mass is 481 g/mol. The second-order valence-electron chi connectivity index (χ2n) is 7.22. The summed E-state index contributed by atoms with van der Waals surface area (Å²) in [4.78, 5) is 26.7. The fourth-order valence-electron chi connectivity index (χ4n) is 3.36. The summed E-state index contributed by atoms with van der Waals surface area (Å²) in [5, 5.41) is 0. The molecule has 0 fully saturated rings. The molecule has 0 aliphatic rings. The van der Waals surface area contributed by atoms with E-state index in [1.54, 1.807) is 39.1 Å². The number of rotatable bonds is 11. The van der Waals surface area contributed by atoms with Gasteiger partial charge in [-0.3, -0.25) is 9.59 Å². The topological polar surface area (TPSA) is 107 Å². The smallest absolute Gasteiger partial charge is 0.325 e. The molecule has 33 heavy (non-hydrogen) atoms. The van der Waals surface area contributed by atoms with Crippen LogP contribution < -0.4 is 9.47 Å². The molecule has 11 heteroatoms. The Kier molecular flexibility index (Phi) is 8.89. The lowest BCUT2D eigenvalue weighted by Crippen LogP contribution is -2.36. The van der Waals surface area contributed by atoms with Crippen molar-refractivity contribution in [2.45, 2.75) is 25.3 Å². The van der Waals surface area contributed by atoms with Crippen LogP contribution in [0.25, 0.3) is 0 Å². The zero-order valence-corrected chi connectivity index (χ0v) is 20.6. The van der Waals surface area contributed by atoms with E-state index in [-0.39, 0.29) is 23.7 Å². The Morgan fingerprint density at radius 1 is 0.970 bits per heavy atom. The molecule has 1 amide bonds. The van der Waals surface area contributed by atoms with Crippen molar-refractivity contribution in [1.29, 1.82) is 0 Å². The number of amides is 1. The van der Waals surface area contributed by atoms with Gasteiger partial charge in [0, 0.05) is 38.9 Å². The van der Waals surface area contributed by atoms with Gasteiger partial charge in [-0.05, 0) is 23.8 Å². The summed E-state index contributed by atoms with van der Waals surface area (Å²) in [5.41, 5.74) is 0.785. The minimum atomic E-state index is -3.75. The first-order valence-corrected chi connectivity index (χ1v) is 11.8. The highest BCUT2D eigenvalue weighted by molar-refractivity contribution is 7.89. The van der Waals surface area contributed by atoms with Crippen LogP contribution in [0.5, 0.6) is 11.5 Å². The van der Waals surface area contributed by atoms with Crippen molar-refractivity contribution in [2.24, 2.45) is 7.05 Å². The van der Waals surface area contributed by atoms with Crippen LogP contribution >= 0.6 is 0 Å². The lowest BCUT2D eigenvalue weighted by atomic mass is 10.1. The number of hydrogen-bond acceptors (Lipinski definition) is 7. The van der Waals surface area contributed by atoms with Crippen molar-refractivity contribution in [3.8, 4) is 11.5 Å². The SMILES string of the molecule is CCN(CC)S(=O)(=O)c1cc(C(=O)N(CC(=O)OC)Cc2cc(OC)cc(OC)c2)n(C)c1. The van der Waals surface area contributed by atoms with E-state index in [4.69, 9.17) is 14.2 Å². The van der Waals surface area contributed by atoms with Crippen LogP contribution in [-0.2, 0) is 33.1 Å². The number of carbonyl (C=O) groups is 2. The third-order valence-electron chi connectivity index (χ3n) is 5.16. The van der Waals surface area contributed by atoms with Crippen LogP contribution in [0, 0.1) is 0 Å². The van der Waals surface area contributed by atoms with Gasteiger partial charge in [-0.15, -0.1) is 0 Å². The summed E-state index contributed by atoms with van der Waals surface area (Å²) in [6.45, 7) is 3.84. The van der Waals surface area contributed by atoms with Crippen LogP contribution in [0.1, 0.15) is 29.9 Å². The Labute approximate surface area is 194 Å². The van der Waals surface area contributed by atoms with Crippen molar-refractivity contribution in [3.63, 3.8) is 0 Å². The molecule has 10 nitrogen and oxygen atoms in total. The van der Waals surface area contributed by atoms with Crippen LogP contribution in [0.3, 0.4) is 0 Å². The van der Waals surface area contributed by atoms with Gasteiger partial charge >= 0.3 is 5.97 Å². The summed E-state index contributed by atoms with van der Waals surface area (Å²) in [6.07, 6.45) is 1.39. The zero-order chi connectivity index (χ0) is 24.8. The molecule has 2 rings (SSSR count). The molecular weight excluding hydrogens is 450 g/mol. The lowest BCUT2D eigenvalue weighted by molar-refractivity contribution is -0.141. The van der Waals surface area contributed by atoms with Gasteiger partial charge < -0.3 is 23.7 Å². The zero-order valence-electron chi connectivity index (χ0n) is 19.8. The van der Waals surface area contributed by atoms with Gasteiger partial charge in [-0.1, -0.05) is 13.8 Å². The van der Waals surface area contributed by atoms with Gasteiger partial charge in [0.05, 0.1) is 21.3 Å². The summed E-state index contributed by atoms with van der Waals surface area (Å²) >= 11 is 0. The first-order valence-electron chi connectivity index (χ1n) is 10.4. The Morgan fingerprint density at radius 2 is 1.55 bits per heavy atom. The Bertz CT molecular complexity index is 1070. The third-order valence-corrected chi connectivity index (χ3v) is 7.18. The predicted molar refractivity (Wildman–Crippen MR) is 122 cm³/mol. The van der Waals surface area contributed by atoms with E-state index in [1.165, 1.54) is 47.4 Å². The molecule has 0 aliphatic carbocycles. The van der Waals surface area contributed by atoms with Crippen molar-refractivity contribution >= 4 is 21.9 Å². The number of hydrogen-bond donors (Lipinski definition) is 0. The van der Waals surface area contributed by atoms with Crippen molar-refractivity contribution in [3.05, 3.63) is 41.7 Å². The highest BCUT2D eigenvalue weighted by Crippen LogP contribution is 2.25. The van der Waals surface area contributed by atoms with E-state index in [9.17, 15) is 18.0 Å². The van der Waals surface area contributed by atoms with Gasteiger partial charge in [0.15, 0.2) is 0 Å². The summed E-state index contributed by atoms with van der Waals surface area (Å²) < 4.78 is 43.9. The molecule has 0 saturated carbocycles. The predicted octanol–water partition coefficient (Wildman–Crippen LogP) is 1.89. The molecule has 1 aromatic heterocycles. The summed E-state index contributed by atoms with van der Waals surface area (Å²) in [5.74, 6) is -0.0725. The maximum absolute atomic E-state index is 13.4. The molecule has 182 valence electrons. The minimum Gasteiger partial charge on any atom is -0.497 e. The molecule has 2 aromatic rings. The van der Waals surface area contributed by atoms with E-state index in [2.05, 4.69) is 0 Å². The average Bonchev–Trinajstić information content (AvgIpc) is 3.20.